The molecule has 1 unspecified atom stereocenters. The molecule has 1 aromatic rings. The Balaban J connectivity index is 2.11. The fourth-order valence-electron chi connectivity index (χ4n) is 2.27. The highest BCUT2D eigenvalue weighted by Gasteiger charge is 2.31. The van der Waals surface area contributed by atoms with Gasteiger partial charge in [-0.3, -0.25) is 4.79 Å². The summed E-state index contributed by atoms with van der Waals surface area (Å²) in [5.74, 6) is -0.0956. The van der Waals surface area contributed by atoms with Crippen molar-refractivity contribution in [3.05, 3.63) is 23.8 Å². The molecule has 5 nitrogen and oxygen atoms in total. The van der Waals surface area contributed by atoms with Crippen molar-refractivity contribution in [2.75, 3.05) is 13.2 Å². The number of nitrogens with one attached hydrogen (secondary N) is 1. The number of unbranched alkanes of at least 4 members (excludes halogenated alkanes) is 2. The van der Waals surface area contributed by atoms with Gasteiger partial charge in [0.05, 0.1) is 4.90 Å². The minimum atomic E-state index is -3.81. The minimum Gasteiger partial charge on any atom is -0.492 e. The predicted molar refractivity (Wildman–Crippen MR) is 80.3 cm³/mol. The van der Waals surface area contributed by atoms with Gasteiger partial charge in [-0.15, -0.1) is 0 Å². The highest BCUT2D eigenvalue weighted by atomic mass is 35.7. The zero-order valence-electron chi connectivity index (χ0n) is 11.8. The Morgan fingerprint density at radius 1 is 1.43 bits per heavy atom. The van der Waals surface area contributed by atoms with Gasteiger partial charge in [-0.1, -0.05) is 19.8 Å². The molecule has 0 saturated carbocycles. The molecule has 0 spiro atoms. The third-order valence-electron chi connectivity index (χ3n) is 3.44. The zero-order valence-corrected chi connectivity index (χ0v) is 13.3. The number of benzene rings is 1. The molecule has 1 amide bonds. The van der Waals surface area contributed by atoms with Crippen LogP contribution in [-0.4, -0.2) is 27.5 Å². The topological polar surface area (TPSA) is 72.5 Å². The Bertz CT molecular complexity index is 630. The van der Waals surface area contributed by atoms with Crippen LogP contribution in [0.25, 0.3) is 0 Å². The smallest absolute Gasteiger partial charge is 0.261 e. The summed E-state index contributed by atoms with van der Waals surface area (Å²) in [5.41, 5.74) is 0.574. The average molecular weight is 332 g/mol. The lowest BCUT2D eigenvalue weighted by atomic mass is 10.0. The number of carbonyl (C=O) groups excluding carboxylic acids is 1. The van der Waals surface area contributed by atoms with Crippen molar-refractivity contribution in [3.8, 4) is 5.75 Å². The van der Waals surface area contributed by atoms with Gasteiger partial charge in [0.2, 0.25) is 5.91 Å². The van der Waals surface area contributed by atoms with Crippen LogP contribution in [0, 0.1) is 0 Å². The molecule has 1 aliphatic rings. The van der Waals surface area contributed by atoms with Crippen LogP contribution in [0.15, 0.2) is 23.1 Å². The summed E-state index contributed by atoms with van der Waals surface area (Å²) in [4.78, 5) is 12.1. The third-order valence-corrected chi connectivity index (χ3v) is 4.79. The first-order valence-electron chi connectivity index (χ1n) is 6.92. The fraction of sp³-hybridized carbons (Fsp3) is 0.500. The molecular formula is C14H18ClNO4S. The Labute approximate surface area is 129 Å². The summed E-state index contributed by atoms with van der Waals surface area (Å²) in [5, 5.41) is 2.86. The summed E-state index contributed by atoms with van der Waals surface area (Å²) < 4.78 is 28.2. The van der Waals surface area contributed by atoms with Gasteiger partial charge in [0.25, 0.3) is 9.05 Å². The van der Waals surface area contributed by atoms with E-state index in [4.69, 9.17) is 15.4 Å². The number of hydrogen-bond donors (Lipinski definition) is 1. The van der Waals surface area contributed by atoms with E-state index in [-0.39, 0.29) is 17.4 Å². The van der Waals surface area contributed by atoms with E-state index in [9.17, 15) is 13.2 Å². The van der Waals surface area contributed by atoms with Crippen LogP contribution in [0.5, 0.6) is 5.75 Å². The number of ether oxygens (including phenoxy) is 1. The van der Waals surface area contributed by atoms with Gasteiger partial charge < -0.3 is 10.1 Å². The van der Waals surface area contributed by atoms with E-state index in [1.807, 2.05) is 0 Å². The van der Waals surface area contributed by atoms with Crippen LogP contribution < -0.4 is 10.1 Å². The number of rotatable bonds is 6. The number of halogens is 1. The lowest BCUT2D eigenvalue weighted by Crippen LogP contribution is -2.31. The van der Waals surface area contributed by atoms with Crippen LogP contribution in [0.4, 0.5) is 0 Å². The number of hydrogen-bond acceptors (Lipinski definition) is 4. The van der Waals surface area contributed by atoms with Crippen molar-refractivity contribution < 1.29 is 17.9 Å². The lowest BCUT2D eigenvalue weighted by Gasteiger charge is -2.10. The van der Waals surface area contributed by atoms with E-state index in [1.165, 1.54) is 18.2 Å². The molecule has 1 N–H and O–H groups in total. The molecule has 0 saturated heterocycles. The maximum atomic E-state index is 12.2. The Morgan fingerprint density at radius 2 is 2.19 bits per heavy atom. The van der Waals surface area contributed by atoms with Crippen molar-refractivity contribution in [1.29, 1.82) is 0 Å². The van der Waals surface area contributed by atoms with E-state index < -0.39 is 15.0 Å². The summed E-state index contributed by atoms with van der Waals surface area (Å²) in [6, 6.07) is 4.33. The van der Waals surface area contributed by atoms with Gasteiger partial charge in [0, 0.05) is 22.8 Å². The van der Waals surface area contributed by atoms with Crippen LogP contribution in [0.1, 0.15) is 37.7 Å². The molecule has 1 heterocycles. The molecule has 7 heteroatoms. The summed E-state index contributed by atoms with van der Waals surface area (Å²) >= 11 is 0. The van der Waals surface area contributed by atoms with Crippen molar-refractivity contribution in [2.24, 2.45) is 0 Å². The average Bonchev–Trinajstić information content (AvgIpc) is 2.85. The minimum absolute atomic E-state index is 0.0165. The number of carbonyl (C=O) groups is 1. The standard InChI is InChI=1S/C14H18ClNO4S/c1-2-3-4-7-16-14(17)12-9-20-13-6-5-10(8-11(12)13)21(15,18)19/h5-6,8,12H,2-4,7,9H2,1H3,(H,16,17). The number of amides is 1. The molecule has 21 heavy (non-hydrogen) atoms. The largest absolute Gasteiger partial charge is 0.492 e. The molecule has 0 aromatic heterocycles. The van der Waals surface area contributed by atoms with Crippen molar-refractivity contribution in [3.63, 3.8) is 0 Å². The first-order chi connectivity index (χ1) is 9.93. The predicted octanol–water partition coefficient (Wildman–Crippen LogP) is 2.40. The summed E-state index contributed by atoms with van der Waals surface area (Å²) in [6.07, 6.45) is 3.08. The first kappa shape index (κ1) is 16.1. The van der Waals surface area contributed by atoms with Gasteiger partial charge in [-0.25, -0.2) is 8.42 Å². The fourth-order valence-corrected chi connectivity index (χ4v) is 3.06. The molecule has 2 rings (SSSR count). The molecule has 0 bridgehead atoms. The Hall–Kier alpha value is -1.27. The van der Waals surface area contributed by atoms with E-state index in [1.54, 1.807) is 0 Å². The summed E-state index contributed by atoms with van der Waals surface area (Å²) in [7, 11) is 1.52. The van der Waals surface area contributed by atoms with E-state index >= 15 is 0 Å². The van der Waals surface area contributed by atoms with Crippen LogP contribution in [0.2, 0.25) is 0 Å². The second-order valence-corrected chi connectivity index (χ2v) is 7.57. The highest BCUT2D eigenvalue weighted by Crippen LogP contribution is 2.36. The summed E-state index contributed by atoms with van der Waals surface area (Å²) in [6.45, 7) is 2.93. The third kappa shape index (κ3) is 3.89. The quantitative estimate of drug-likeness (QED) is 0.641. The van der Waals surface area contributed by atoms with Crippen LogP contribution >= 0.6 is 10.7 Å². The molecule has 1 aliphatic heterocycles. The maximum Gasteiger partial charge on any atom is 0.261 e. The van der Waals surface area contributed by atoms with Gasteiger partial charge in [-0.05, 0) is 24.6 Å². The van der Waals surface area contributed by atoms with Crippen LogP contribution in [0.3, 0.4) is 0 Å². The van der Waals surface area contributed by atoms with Crippen molar-refractivity contribution >= 4 is 25.6 Å². The monoisotopic (exact) mass is 331 g/mol. The molecule has 116 valence electrons. The SMILES string of the molecule is CCCCCNC(=O)C1COc2ccc(S(=O)(=O)Cl)cc21. The van der Waals surface area contributed by atoms with Crippen LogP contribution in [-0.2, 0) is 13.8 Å². The Morgan fingerprint density at radius 3 is 2.86 bits per heavy atom. The second kappa shape index (κ2) is 6.66. The van der Waals surface area contributed by atoms with Crippen molar-refractivity contribution in [1.82, 2.24) is 5.32 Å². The first-order valence-corrected chi connectivity index (χ1v) is 9.23. The maximum absolute atomic E-state index is 12.2. The van der Waals surface area contributed by atoms with Gasteiger partial charge in [-0.2, -0.15) is 0 Å². The van der Waals surface area contributed by atoms with Gasteiger partial charge in [0.1, 0.15) is 18.3 Å². The molecule has 1 aromatic carbocycles. The molecule has 0 aliphatic carbocycles. The second-order valence-electron chi connectivity index (χ2n) is 5.00. The van der Waals surface area contributed by atoms with E-state index in [0.717, 1.165) is 19.3 Å². The molecule has 0 radical (unpaired) electrons. The number of fused-ring (bicyclic) bond motifs is 1. The van der Waals surface area contributed by atoms with Crippen molar-refractivity contribution in [2.45, 2.75) is 37.0 Å². The van der Waals surface area contributed by atoms with E-state index in [0.29, 0.717) is 17.9 Å². The Kier molecular flexibility index (Phi) is 5.11. The van der Waals surface area contributed by atoms with Gasteiger partial charge in [0.15, 0.2) is 0 Å². The van der Waals surface area contributed by atoms with E-state index in [2.05, 4.69) is 12.2 Å². The molecular weight excluding hydrogens is 314 g/mol. The van der Waals surface area contributed by atoms with Gasteiger partial charge >= 0.3 is 0 Å². The normalized spacial score (nSPS) is 17.1. The molecule has 0 fully saturated rings. The molecule has 1 atom stereocenters. The zero-order chi connectivity index (χ0) is 15.5. The highest BCUT2D eigenvalue weighted by molar-refractivity contribution is 8.13. The lowest BCUT2D eigenvalue weighted by molar-refractivity contribution is -0.122.